The molecule has 5 nitrogen and oxygen atoms in total. The number of nitrogens with two attached hydrogens (primary N) is 1. The van der Waals surface area contributed by atoms with Crippen molar-refractivity contribution in [2.75, 3.05) is 16.9 Å². The lowest BCUT2D eigenvalue weighted by Crippen LogP contribution is -2.19. The summed E-state index contributed by atoms with van der Waals surface area (Å²) in [6, 6.07) is 6.33. The van der Waals surface area contributed by atoms with Gasteiger partial charge in [0.25, 0.3) is 0 Å². The molecular formula is C12H13BrFN5. The molecule has 0 saturated carbocycles. The van der Waals surface area contributed by atoms with Gasteiger partial charge in [0, 0.05) is 12.2 Å². The van der Waals surface area contributed by atoms with Gasteiger partial charge in [-0.05, 0) is 41.1 Å². The van der Waals surface area contributed by atoms with Gasteiger partial charge in [-0.1, -0.05) is 6.07 Å². The Labute approximate surface area is 118 Å². The molecule has 0 radical (unpaired) electrons. The molecular weight excluding hydrogens is 313 g/mol. The summed E-state index contributed by atoms with van der Waals surface area (Å²) in [7, 11) is 0. The summed E-state index contributed by atoms with van der Waals surface area (Å²) < 4.78 is 14.0. The molecule has 0 bridgehead atoms. The van der Waals surface area contributed by atoms with E-state index in [2.05, 4.69) is 31.3 Å². The minimum Gasteiger partial charge on any atom is -0.325 e. The molecule has 19 heavy (non-hydrogen) atoms. The van der Waals surface area contributed by atoms with Crippen LogP contribution in [0.2, 0.25) is 0 Å². The van der Waals surface area contributed by atoms with Crippen molar-refractivity contribution in [2.24, 2.45) is 5.84 Å². The first kappa shape index (κ1) is 13.7. The Morgan fingerprint density at radius 3 is 2.84 bits per heavy atom. The van der Waals surface area contributed by atoms with Gasteiger partial charge in [-0.25, -0.2) is 20.2 Å². The average molecular weight is 326 g/mol. The Bertz CT molecular complexity index is 578. The van der Waals surface area contributed by atoms with Gasteiger partial charge in [-0.2, -0.15) is 0 Å². The van der Waals surface area contributed by atoms with Crippen molar-refractivity contribution in [3.8, 4) is 0 Å². The predicted octanol–water partition coefficient (Wildman–Crippen LogP) is 2.82. The van der Waals surface area contributed by atoms with Gasteiger partial charge in [0.2, 0.25) is 0 Å². The molecule has 3 N–H and O–H groups in total. The number of hydrazine groups is 1. The summed E-state index contributed by atoms with van der Waals surface area (Å²) in [5, 5.41) is 0. The SMILES string of the molecule is CCN(c1cccc(F)c1)c1ncnc(NN)c1Br. The maximum Gasteiger partial charge on any atom is 0.159 e. The predicted molar refractivity (Wildman–Crippen MR) is 76.6 cm³/mol. The van der Waals surface area contributed by atoms with E-state index in [1.54, 1.807) is 6.07 Å². The Morgan fingerprint density at radius 1 is 1.42 bits per heavy atom. The molecule has 0 aliphatic rings. The summed E-state index contributed by atoms with van der Waals surface area (Å²) in [5.74, 6) is 6.18. The highest BCUT2D eigenvalue weighted by atomic mass is 79.9. The zero-order chi connectivity index (χ0) is 13.8. The lowest BCUT2D eigenvalue weighted by atomic mass is 10.2. The van der Waals surface area contributed by atoms with Crippen LogP contribution in [0.15, 0.2) is 35.1 Å². The third-order valence-corrected chi connectivity index (χ3v) is 3.33. The standard InChI is InChI=1S/C12H13BrFN5/c1-2-19(9-5-3-4-8(14)6-9)12-10(13)11(18-15)16-7-17-12/h3-7H,2,15H2,1H3,(H,16,17,18). The van der Waals surface area contributed by atoms with E-state index in [1.165, 1.54) is 18.5 Å². The molecule has 0 aliphatic heterocycles. The second kappa shape index (κ2) is 5.94. The summed E-state index contributed by atoms with van der Waals surface area (Å²) in [6.45, 7) is 2.58. The molecule has 1 aromatic heterocycles. The number of hydrogen-bond acceptors (Lipinski definition) is 5. The number of nitrogens with zero attached hydrogens (tertiary/aromatic N) is 3. The zero-order valence-electron chi connectivity index (χ0n) is 10.3. The number of nitrogen functional groups attached to an aromatic ring is 1. The molecule has 1 aromatic carbocycles. The van der Waals surface area contributed by atoms with E-state index >= 15 is 0 Å². The van der Waals surface area contributed by atoms with Gasteiger partial charge in [0.15, 0.2) is 11.6 Å². The fourth-order valence-corrected chi connectivity index (χ4v) is 2.28. The molecule has 1 heterocycles. The topological polar surface area (TPSA) is 67.1 Å². The Hall–Kier alpha value is -1.73. The van der Waals surface area contributed by atoms with Crippen LogP contribution in [0.1, 0.15) is 6.92 Å². The molecule has 7 heteroatoms. The minimum atomic E-state index is -0.293. The number of hydrogen-bond donors (Lipinski definition) is 2. The summed E-state index contributed by atoms with van der Waals surface area (Å²) >= 11 is 3.40. The quantitative estimate of drug-likeness (QED) is 0.668. The molecule has 0 unspecified atom stereocenters. The van der Waals surface area contributed by atoms with Gasteiger partial charge in [-0.3, -0.25) is 0 Å². The van der Waals surface area contributed by atoms with Crippen LogP contribution in [-0.2, 0) is 0 Å². The molecule has 100 valence electrons. The molecule has 0 amide bonds. The maximum atomic E-state index is 13.3. The largest absolute Gasteiger partial charge is 0.325 e. The van der Waals surface area contributed by atoms with Crippen molar-refractivity contribution in [1.82, 2.24) is 9.97 Å². The number of nitrogens with one attached hydrogen (secondary N) is 1. The number of anilines is 3. The van der Waals surface area contributed by atoms with Crippen molar-refractivity contribution in [3.63, 3.8) is 0 Å². The Morgan fingerprint density at radius 2 is 2.21 bits per heavy atom. The van der Waals surface area contributed by atoms with Crippen molar-refractivity contribution in [1.29, 1.82) is 0 Å². The molecule has 0 aliphatic carbocycles. The third-order valence-electron chi connectivity index (χ3n) is 2.60. The monoisotopic (exact) mass is 325 g/mol. The van der Waals surface area contributed by atoms with Gasteiger partial charge < -0.3 is 10.3 Å². The van der Waals surface area contributed by atoms with E-state index in [9.17, 15) is 4.39 Å². The van der Waals surface area contributed by atoms with E-state index in [4.69, 9.17) is 5.84 Å². The van der Waals surface area contributed by atoms with Crippen LogP contribution >= 0.6 is 15.9 Å². The summed E-state index contributed by atoms with van der Waals surface area (Å²) in [6.07, 6.45) is 1.40. The van der Waals surface area contributed by atoms with Gasteiger partial charge in [0.05, 0.1) is 0 Å². The van der Waals surface area contributed by atoms with Crippen LogP contribution in [0.4, 0.5) is 21.7 Å². The van der Waals surface area contributed by atoms with Crippen molar-refractivity contribution in [3.05, 3.63) is 40.9 Å². The van der Waals surface area contributed by atoms with Gasteiger partial charge in [-0.15, -0.1) is 0 Å². The van der Waals surface area contributed by atoms with E-state index in [1.807, 2.05) is 17.9 Å². The minimum absolute atomic E-state index is 0.293. The van der Waals surface area contributed by atoms with E-state index in [0.29, 0.717) is 28.3 Å². The lowest BCUT2D eigenvalue weighted by Gasteiger charge is -2.23. The molecule has 0 fully saturated rings. The molecule has 0 spiro atoms. The van der Waals surface area contributed by atoms with Crippen LogP contribution in [0.25, 0.3) is 0 Å². The number of benzene rings is 1. The van der Waals surface area contributed by atoms with Crippen LogP contribution in [0, 0.1) is 5.82 Å². The van der Waals surface area contributed by atoms with Crippen LogP contribution in [0.5, 0.6) is 0 Å². The number of rotatable bonds is 4. The summed E-state index contributed by atoms with van der Waals surface area (Å²) in [4.78, 5) is 10.1. The first-order valence-corrected chi connectivity index (χ1v) is 6.47. The Balaban J connectivity index is 2.48. The second-order valence-electron chi connectivity index (χ2n) is 3.73. The Kier molecular flexibility index (Phi) is 4.28. The highest BCUT2D eigenvalue weighted by Gasteiger charge is 2.15. The number of halogens is 2. The third kappa shape index (κ3) is 2.82. The molecule has 2 aromatic rings. The van der Waals surface area contributed by atoms with Crippen molar-refractivity contribution >= 4 is 33.3 Å². The number of aromatic nitrogens is 2. The van der Waals surface area contributed by atoms with Crippen LogP contribution in [-0.4, -0.2) is 16.5 Å². The fraction of sp³-hybridized carbons (Fsp3) is 0.167. The maximum absolute atomic E-state index is 13.3. The van der Waals surface area contributed by atoms with Crippen molar-refractivity contribution in [2.45, 2.75) is 6.92 Å². The lowest BCUT2D eigenvalue weighted by molar-refractivity contribution is 0.627. The highest BCUT2D eigenvalue weighted by molar-refractivity contribution is 9.10. The summed E-state index contributed by atoms with van der Waals surface area (Å²) in [5.41, 5.74) is 3.19. The molecule has 2 rings (SSSR count). The van der Waals surface area contributed by atoms with E-state index in [-0.39, 0.29) is 5.82 Å². The average Bonchev–Trinajstić information content (AvgIpc) is 2.41. The van der Waals surface area contributed by atoms with Crippen LogP contribution < -0.4 is 16.2 Å². The zero-order valence-corrected chi connectivity index (χ0v) is 11.9. The molecule has 0 saturated heterocycles. The first-order valence-electron chi connectivity index (χ1n) is 5.67. The van der Waals surface area contributed by atoms with E-state index in [0.717, 1.165) is 0 Å². The van der Waals surface area contributed by atoms with Gasteiger partial charge in [0.1, 0.15) is 16.6 Å². The smallest absolute Gasteiger partial charge is 0.159 e. The van der Waals surface area contributed by atoms with Crippen molar-refractivity contribution < 1.29 is 4.39 Å². The van der Waals surface area contributed by atoms with E-state index < -0.39 is 0 Å². The highest BCUT2D eigenvalue weighted by Crippen LogP contribution is 2.33. The first-order chi connectivity index (χ1) is 9.17. The van der Waals surface area contributed by atoms with Gasteiger partial charge >= 0.3 is 0 Å². The second-order valence-corrected chi connectivity index (χ2v) is 4.52. The fourth-order valence-electron chi connectivity index (χ4n) is 1.75. The normalized spacial score (nSPS) is 10.3. The van der Waals surface area contributed by atoms with Crippen LogP contribution in [0.3, 0.4) is 0 Å². The molecule has 0 atom stereocenters.